The second kappa shape index (κ2) is 9.15. The highest BCUT2D eigenvalue weighted by Crippen LogP contribution is 2.20. The highest BCUT2D eigenvalue weighted by molar-refractivity contribution is 7.12. The van der Waals surface area contributed by atoms with Gasteiger partial charge in [-0.25, -0.2) is 0 Å². The first kappa shape index (κ1) is 19.5. The van der Waals surface area contributed by atoms with E-state index in [1.165, 1.54) is 33.6 Å². The number of hydrogen-bond donors (Lipinski definition) is 1. The van der Waals surface area contributed by atoms with Crippen molar-refractivity contribution in [3.8, 4) is 5.69 Å². The van der Waals surface area contributed by atoms with Crippen molar-refractivity contribution in [2.24, 2.45) is 0 Å². The van der Waals surface area contributed by atoms with Gasteiger partial charge in [0.05, 0.1) is 5.69 Å². The molecule has 1 aromatic carbocycles. The molecule has 8 nitrogen and oxygen atoms in total. The SMILES string of the molecule is Cc1cccc(N2CCN(CCCNC(=O)c3sccc3-n3cnnn3)CC2)c1. The van der Waals surface area contributed by atoms with Crippen molar-refractivity contribution >= 4 is 22.9 Å². The number of piperazine rings is 1. The van der Waals surface area contributed by atoms with E-state index in [0.29, 0.717) is 17.1 Å². The fraction of sp³-hybridized carbons (Fsp3) is 0.400. The Bertz CT molecular complexity index is 932. The van der Waals surface area contributed by atoms with Crippen LogP contribution in [-0.4, -0.2) is 70.3 Å². The number of carbonyl (C=O) groups excluding carboxylic acids is 1. The number of benzene rings is 1. The topological polar surface area (TPSA) is 79.2 Å². The average molecular weight is 412 g/mol. The maximum atomic E-state index is 12.5. The van der Waals surface area contributed by atoms with E-state index in [-0.39, 0.29) is 5.91 Å². The van der Waals surface area contributed by atoms with E-state index in [4.69, 9.17) is 0 Å². The van der Waals surface area contributed by atoms with Crippen LogP contribution in [0.5, 0.6) is 0 Å². The van der Waals surface area contributed by atoms with Crippen LogP contribution in [0.3, 0.4) is 0 Å². The first-order valence-electron chi connectivity index (χ1n) is 9.84. The summed E-state index contributed by atoms with van der Waals surface area (Å²) in [6.45, 7) is 7.97. The van der Waals surface area contributed by atoms with E-state index >= 15 is 0 Å². The molecule has 1 N–H and O–H groups in total. The van der Waals surface area contributed by atoms with Crippen LogP contribution in [0.1, 0.15) is 21.7 Å². The first-order chi connectivity index (χ1) is 14.2. The van der Waals surface area contributed by atoms with Crippen LogP contribution in [0.2, 0.25) is 0 Å². The van der Waals surface area contributed by atoms with E-state index < -0.39 is 0 Å². The van der Waals surface area contributed by atoms with Crippen LogP contribution >= 0.6 is 11.3 Å². The molecule has 0 aliphatic carbocycles. The minimum Gasteiger partial charge on any atom is -0.369 e. The van der Waals surface area contributed by atoms with Gasteiger partial charge in [-0.2, -0.15) is 4.68 Å². The Balaban J connectivity index is 1.19. The lowest BCUT2D eigenvalue weighted by Gasteiger charge is -2.36. The average Bonchev–Trinajstić information content (AvgIpc) is 3.43. The van der Waals surface area contributed by atoms with Crippen molar-refractivity contribution in [2.45, 2.75) is 13.3 Å². The highest BCUT2D eigenvalue weighted by atomic mass is 32.1. The van der Waals surface area contributed by atoms with Gasteiger partial charge in [0, 0.05) is 38.4 Å². The molecule has 29 heavy (non-hydrogen) atoms. The Labute approximate surface area is 174 Å². The molecule has 1 aliphatic rings. The normalized spacial score (nSPS) is 14.9. The number of carbonyl (C=O) groups is 1. The van der Waals surface area contributed by atoms with Crippen LogP contribution in [0, 0.1) is 6.92 Å². The molecule has 0 atom stereocenters. The van der Waals surface area contributed by atoms with Crippen molar-refractivity contribution in [3.05, 3.63) is 52.5 Å². The van der Waals surface area contributed by atoms with E-state index in [1.807, 2.05) is 11.4 Å². The van der Waals surface area contributed by atoms with Gasteiger partial charge in [0.15, 0.2) is 0 Å². The molecule has 2 aromatic heterocycles. The summed E-state index contributed by atoms with van der Waals surface area (Å²) in [5.41, 5.74) is 3.32. The molecule has 3 heterocycles. The summed E-state index contributed by atoms with van der Waals surface area (Å²) in [7, 11) is 0. The Morgan fingerprint density at radius 3 is 2.83 bits per heavy atom. The molecule has 0 unspecified atom stereocenters. The van der Waals surface area contributed by atoms with Crippen LogP contribution in [-0.2, 0) is 0 Å². The molecule has 1 aliphatic heterocycles. The number of nitrogens with one attached hydrogen (secondary N) is 1. The van der Waals surface area contributed by atoms with Gasteiger partial charge in [0.1, 0.15) is 11.2 Å². The summed E-state index contributed by atoms with van der Waals surface area (Å²) in [6.07, 6.45) is 2.43. The standard InChI is InChI=1S/C20H25N7OS/c1-16-4-2-5-17(14-16)26-11-9-25(10-12-26)8-3-7-21-20(28)19-18(6-13-29-19)27-15-22-23-24-27/h2,4-6,13-15H,3,7-12H2,1H3,(H,21,28). The van der Waals surface area contributed by atoms with Crippen LogP contribution in [0.15, 0.2) is 42.0 Å². The summed E-state index contributed by atoms with van der Waals surface area (Å²) < 4.78 is 1.51. The zero-order valence-electron chi connectivity index (χ0n) is 16.5. The highest BCUT2D eigenvalue weighted by Gasteiger charge is 2.18. The minimum absolute atomic E-state index is 0.0743. The van der Waals surface area contributed by atoms with E-state index in [0.717, 1.165) is 39.1 Å². The molecule has 0 radical (unpaired) electrons. The van der Waals surface area contributed by atoms with Gasteiger partial charge in [0.2, 0.25) is 0 Å². The Hall–Kier alpha value is -2.78. The number of rotatable bonds is 7. The zero-order chi connectivity index (χ0) is 20.1. The molecule has 1 saturated heterocycles. The van der Waals surface area contributed by atoms with Gasteiger partial charge >= 0.3 is 0 Å². The molecule has 3 aromatic rings. The van der Waals surface area contributed by atoms with E-state index in [1.54, 1.807) is 0 Å². The number of aromatic nitrogens is 4. The zero-order valence-corrected chi connectivity index (χ0v) is 17.3. The molecule has 4 rings (SSSR count). The number of thiophene rings is 1. The molecular weight excluding hydrogens is 386 g/mol. The van der Waals surface area contributed by atoms with Crippen molar-refractivity contribution in [1.29, 1.82) is 0 Å². The monoisotopic (exact) mass is 411 g/mol. The van der Waals surface area contributed by atoms with E-state index in [2.05, 4.69) is 61.8 Å². The van der Waals surface area contributed by atoms with Gasteiger partial charge in [-0.05, 0) is 59.5 Å². The third-order valence-electron chi connectivity index (χ3n) is 5.12. The molecule has 9 heteroatoms. The number of amides is 1. The lowest BCUT2D eigenvalue weighted by Crippen LogP contribution is -2.47. The van der Waals surface area contributed by atoms with Gasteiger partial charge < -0.3 is 10.2 Å². The van der Waals surface area contributed by atoms with Gasteiger partial charge in [-0.15, -0.1) is 16.4 Å². The van der Waals surface area contributed by atoms with Gasteiger partial charge in [-0.3, -0.25) is 9.69 Å². The maximum absolute atomic E-state index is 12.5. The van der Waals surface area contributed by atoms with Gasteiger partial charge in [0.25, 0.3) is 5.91 Å². The summed E-state index contributed by atoms with van der Waals surface area (Å²) in [5.74, 6) is -0.0743. The number of anilines is 1. The largest absolute Gasteiger partial charge is 0.369 e. The first-order valence-corrected chi connectivity index (χ1v) is 10.7. The summed E-state index contributed by atoms with van der Waals surface area (Å²) in [5, 5.41) is 16.0. The van der Waals surface area contributed by atoms with Crippen molar-refractivity contribution in [3.63, 3.8) is 0 Å². The van der Waals surface area contributed by atoms with Crippen molar-refractivity contribution in [2.75, 3.05) is 44.2 Å². The Morgan fingerprint density at radius 2 is 2.07 bits per heavy atom. The summed E-state index contributed by atoms with van der Waals surface area (Å²) in [6, 6.07) is 10.5. The molecule has 0 saturated carbocycles. The number of hydrogen-bond acceptors (Lipinski definition) is 7. The quantitative estimate of drug-likeness (QED) is 0.599. The molecule has 0 bridgehead atoms. The predicted octanol–water partition coefficient (Wildman–Crippen LogP) is 1.97. The molecule has 152 valence electrons. The number of tetrazole rings is 1. The molecular formula is C20H25N7OS. The molecule has 1 amide bonds. The third-order valence-corrected chi connectivity index (χ3v) is 6.02. The third kappa shape index (κ3) is 4.80. The Kier molecular flexibility index (Phi) is 6.16. The minimum atomic E-state index is -0.0743. The van der Waals surface area contributed by atoms with Gasteiger partial charge in [-0.1, -0.05) is 12.1 Å². The van der Waals surface area contributed by atoms with Crippen molar-refractivity contribution in [1.82, 2.24) is 30.4 Å². The molecule has 0 spiro atoms. The van der Waals surface area contributed by atoms with Crippen LogP contribution in [0.25, 0.3) is 5.69 Å². The fourth-order valence-corrected chi connectivity index (χ4v) is 4.36. The second-order valence-corrected chi connectivity index (χ2v) is 8.08. The fourth-order valence-electron chi connectivity index (χ4n) is 3.56. The Morgan fingerprint density at radius 1 is 1.21 bits per heavy atom. The second-order valence-electron chi connectivity index (χ2n) is 7.17. The van der Waals surface area contributed by atoms with Crippen LogP contribution < -0.4 is 10.2 Å². The van der Waals surface area contributed by atoms with Crippen LogP contribution in [0.4, 0.5) is 5.69 Å². The predicted molar refractivity (Wildman–Crippen MR) is 114 cm³/mol. The van der Waals surface area contributed by atoms with E-state index in [9.17, 15) is 4.79 Å². The lowest BCUT2D eigenvalue weighted by atomic mass is 10.2. The maximum Gasteiger partial charge on any atom is 0.263 e. The smallest absolute Gasteiger partial charge is 0.263 e. The number of nitrogens with zero attached hydrogens (tertiary/aromatic N) is 6. The number of aryl methyl sites for hydroxylation is 1. The molecule has 1 fully saturated rings. The lowest BCUT2D eigenvalue weighted by molar-refractivity contribution is 0.0955. The summed E-state index contributed by atoms with van der Waals surface area (Å²) >= 11 is 1.40. The van der Waals surface area contributed by atoms with Crippen molar-refractivity contribution < 1.29 is 4.79 Å². The summed E-state index contributed by atoms with van der Waals surface area (Å²) in [4.78, 5) is 18.0.